The molecule has 2 atom stereocenters. The number of rotatable bonds is 3. The maximum absolute atomic E-state index is 12.4. The van der Waals surface area contributed by atoms with Gasteiger partial charge in [-0.15, -0.1) is 0 Å². The van der Waals surface area contributed by atoms with E-state index in [-0.39, 0.29) is 11.8 Å². The molecule has 1 saturated carbocycles. The Balaban J connectivity index is 1.76. The molecule has 2 aliphatic rings. The Bertz CT molecular complexity index is 706. The lowest BCUT2D eigenvalue weighted by atomic mass is 9.82. The lowest BCUT2D eigenvalue weighted by Crippen LogP contribution is -2.32. The molecule has 1 aliphatic carbocycles. The van der Waals surface area contributed by atoms with Crippen molar-refractivity contribution < 1.29 is 14.3 Å². The van der Waals surface area contributed by atoms with Crippen LogP contribution in [-0.2, 0) is 9.59 Å². The van der Waals surface area contributed by atoms with E-state index in [4.69, 9.17) is 4.74 Å². The minimum absolute atomic E-state index is 0.350. The van der Waals surface area contributed by atoms with Gasteiger partial charge in [-0.25, -0.2) is 4.99 Å². The summed E-state index contributed by atoms with van der Waals surface area (Å²) in [6.45, 7) is 2.18. The second-order valence-corrected chi connectivity index (χ2v) is 6.14. The number of benzene rings is 1. The normalized spacial score (nSPS) is 23.5. The molecule has 23 heavy (non-hydrogen) atoms. The van der Waals surface area contributed by atoms with E-state index in [0.717, 1.165) is 30.5 Å². The molecule has 3 rings (SSSR count). The van der Waals surface area contributed by atoms with Gasteiger partial charge in [0.15, 0.2) is 0 Å². The lowest BCUT2D eigenvalue weighted by Gasteiger charge is -2.26. The highest BCUT2D eigenvalue weighted by Crippen LogP contribution is 2.31. The second kappa shape index (κ2) is 6.36. The topological polar surface area (TPSA) is 67.8 Å². The van der Waals surface area contributed by atoms with Gasteiger partial charge in [0.05, 0.1) is 7.11 Å². The first-order chi connectivity index (χ1) is 11.1. The van der Waals surface area contributed by atoms with Crippen LogP contribution in [0.3, 0.4) is 0 Å². The molecule has 1 aromatic rings. The highest BCUT2D eigenvalue weighted by Gasteiger charge is 2.32. The van der Waals surface area contributed by atoms with E-state index in [1.807, 2.05) is 0 Å². The number of dihydropyridines is 1. The largest absolute Gasteiger partial charge is 0.497 e. The predicted molar refractivity (Wildman–Crippen MR) is 88.7 cm³/mol. The molecule has 5 heteroatoms. The fraction of sp³-hybridized carbons (Fsp3) is 0.389. The predicted octanol–water partition coefficient (Wildman–Crippen LogP) is 2.98. The number of amides is 2. The first-order valence-corrected chi connectivity index (χ1v) is 7.84. The molecule has 0 radical (unpaired) electrons. The fourth-order valence-corrected chi connectivity index (χ4v) is 3.01. The van der Waals surface area contributed by atoms with Crippen LogP contribution >= 0.6 is 0 Å². The molecule has 0 spiro atoms. The second-order valence-electron chi connectivity index (χ2n) is 6.14. The van der Waals surface area contributed by atoms with Crippen LogP contribution in [0.25, 0.3) is 0 Å². The smallest absolute Gasteiger partial charge is 0.262 e. The van der Waals surface area contributed by atoms with Crippen molar-refractivity contribution in [1.29, 1.82) is 0 Å². The number of aliphatic imine (C=N–C) groups is 1. The molecule has 5 nitrogen and oxygen atoms in total. The van der Waals surface area contributed by atoms with Crippen molar-refractivity contribution in [3.05, 3.63) is 35.9 Å². The molecule has 0 aromatic heterocycles. The number of methoxy groups -OCH3 is 1. The summed E-state index contributed by atoms with van der Waals surface area (Å²) in [6, 6.07) is 7.06. The number of carbonyl (C=O) groups is 2. The number of fused-ring (bicyclic) bond motifs is 1. The summed E-state index contributed by atoms with van der Waals surface area (Å²) < 4.78 is 5.13. The highest BCUT2D eigenvalue weighted by atomic mass is 16.5. The minimum Gasteiger partial charge on any atom is -0.497 e. The molecule has 1 aromatic carbocycles. The van der Waals surface area contributed by atoms with Crippen LogP contribution in [0.15, 0.2) is 40.9 Å². The molecule has 0 bridgehead atoms. The molecule has 1 fully saturated rings. The summed E-state index contributed by atoms with van der Waals surface area (Å²) >= 11 is 0. The third kappa shape index (κ3) is 3.33. The fourth-order valence-electron chi connectivity index (χ4n) is 3.01. The van der Waals surface area contributed by atoms with Crippen LogP contribution in [0, 0.1) is 11.8 Å². The van der Waals surface area contributed by atoms with Crippen molar-refractivity contribution in [2.24, 2.45) is 16.8 Å². The van der Waals surface area contributed by atoms with Crippen LogP contribution < -0.4 is 10.1 Å². The van der Waals surface area contributed by atoms with Crippen LogP contribution in [0.4, 0.5) is 5.69 Å². The van der Waals surface area contributed by atoms with Gasteiger partial charge in [-0.2, -0.15) is 0 Å². The van der Waals surface area contributed by atoms with Gasteiger partial charge in [0, 0.05) is 17.5 Å². The van der Waals surface area contributed by atoms with Gasteiger partial charge in [0.1, 0.15) is 11.7 Å². The van der Waals surface area contributed by atoms with Crippen LogP contribution in [0.1, 0.15) is 26.2 Å². The van der Waals surface area contributed by atoms with E-state index in [0.29, 0.717) is 17.4 Å². The summed E-state index contributed by atoms with van der Waals surface area (Å²) in [5.41, 5.74) is 2.51. The molecule has 1 N–H and O–H groups in total. The number of nitrogens with one attached hydrogen (secondary N) is 1. The Kier molecular flexibility index (Phi) is 4.28. The van der Waals surface area contributed by atoms with Gasteiger partial charge >= 0.3 is 0 Å². The summed E-state index contributed by atoms with van der Waals surface area (Å²) in [5.74, 6) is -0.353. The average Bonchev–Trinajstić information content (AvgIpc) is 2.54. The zero-order chi connectivity index (χ0) is 16.4. The van der Waals surface area contributed by atoms with Gasteiger partial charge in [-0.3, -0.25) is 9.59 Å². The van der Waals surface area contributed by atoms with E-state index in [9.17, 15) is 9.59 Å². The van der Waals surface area contributed by atoms with Crippen molar-refractivity contribution in [3.63, 3.8) is 0 Å². The van der Waals surface area contributed by atoms with Gasteiger partial charge < -0.3 is 10.1 Å². The maximum Gasteiger partial charge on any atom is 0.262 e. The molecule has 1 aliphatic heterocycles. The molecule has 2 amide bonds. The zero-order valence-electron chi connectivity index (χ0n) is 13.3. The van der Waals surface area contributed by atoms with Crippen molar-refractivity contribution in [3.8, 4) is 5.75 Å². The third-order valence-corrected chi connectivity index (χ3v) is 4.31. The van der Waals surface area contributed by atoms with E-state index in [1.54, 1.807) is 37.5 Å². The molecular weight excluding hydrogens is 292 g/mol. The molecule has 2 unspecified atom stereocenters. The van der Waals surface area contributed by atoms with E-state index in [2.05, 4.69) is 17.2 Å². The number of allylic oxidation sites excluding steroid dienone is 1. The SMILES string of the molecule is COc1cccc(NC(=O)C2C=C3CC(C)CCC3=NC2=O)c1. The Morgan fingerprint density at radius 2 is 2.22 bits per heavy atom. The standard InChI is InChI=1S/C18H20N2O3/c1-11-6-7-16-12(8-11)9-15(18(22)20-16)17(21)19-13-4-3-5-14(10-13)23-2/h3-5,9-11,15H,6-8H2,1-2H3,(H,19,21). The number of nitrogens with zero attached hydrogens (tertiary/aromatic N) is 1. The Labute approximate surface area is 135 Å². The van der Waals surface area contributed by atoms with Gasteiger partial charge in [-0.05, 0) is 42.9 Å². The number of ether oxygens (including phenoxy) is 1. The van der Waals surface area contributed by atoms with E-state index < -0.39 is 5.92 Å². The first kappa shape index (κ1) is 15.5. The molecule has 1 heterocycles. The van der Waals surface area contributed by atoms with Gasteiger partial charge in [0.2, 0.25) is 5.91 Å². The summed E-state index contributed by atoms with van der Waals surface area (Å²) in [7, 11) is 1.57. The van der Waals surface area contributed by atoms with Gasteiger partial charge in [-0.1, -0.05) is 19.1 Å². The number of hydrogen-bond donors (Lipinski definition) is 1. The quantitative estimate of drug-likeness (QED) is 0.872. The van der Waals surface area contributed by atoms with Crippen LogP contribution in [0.5, 0.6) is 5.75 Å². The first-order valence-electron chi connectivity index (χ1n) is 7.84. The average molecular weight is 312 g/mol. The molecule has 120 valence electrons. The van der Waals surface area contributed by atoms with Crippen molar-refractivity contribution >= 4 is 23.2 Å². The lowest BCUT2D eigenvalue weighted by molar-refractivity contribution is -0.128. The Morgan fingerprint density at radius 1 is 1.39 bits per heavy atom. The van der Waals surface area contributed by atoms with E-state index in [1.165, 1.54) is 0 Å². The minimum atomic E-state index is -0.842. The van der Waals surface area contributed by atoms with E-state index >= 15 is 0 Å². The van der Waals surface area contributed by atoms with Crippen molar-refractivity contribution in [2.45, 2.75) is 26.2 Å². The molecule has 0 saturated heterocycles. The maximum atomic E-state index is 12.4. The van der Waals surface area contributed by atoms with Gasteiger partial charge in [0.25, 0.3) is 5.91 Å². The van der Waals surface area contributed by atoms with Crippen molar-refractivity contribution in [1.82, 2.24) is 0 Å². The molecular formula is C18H20N2O3. The number of carbonyl (C=O) groups excluding carboxylic acids is 2. The summed E-state index contributed by atoms with van der Waals surface area (Å²) in [4.78, 5) is 28.8. The number of anilines is 1. The van der Waals surface area contributed by atoms with Crippen molar-refractivity contribution in [2.75, 3.05) is 12.4 Å². The summed E-state index contributed by atoms with van der Waals surface area (Å²) in [6.07, 6.45) is 4.54. The zero-order valence-corrected chi connectivity index (χ0v) is 13.3. The highest BCUT2D eigenvalue weighted by molar-refractivity contribution is 6.17. The summed E-state index contributed by atoms with van der Waals surface area (Å²) in [5, 5.41) is 2.77. The third-order valence-electron chi connectivity index (χ3n) is 4.31. The Hall–Kier alpha value is -2.43. The Morgan fingerprint density at radius 3 is 3.00 bits per heavy atom. The number of hydrogen-bond acceptors (Lipinski definition) is 3. The monoisotopic (exact) mass is 312 g/mol. The van der Waals surface area contributed by atoms with Crippen LogP contribution in [0.2, 0.25) is 0 Å². The van der Waals surface area contributed by atoms with Crippen LogP contribution in [-0.4, -0.2) is 24.6 Å².